The summed E-state index contributed by atoms with van der Waals surface area (Å²) >= 11 is 0. The fraction of sp³-hybridized carbons (Fsp3) is 0.364. The normalized spacial score (nSPS) is 12.1. The molecule has 0 spiro atoms. The Kier molecular flexibility index (Phi) is 7.78. The Labute approximate surface area is 159 Å². The molecule has 0 saturated carbocycles. The lowest BCUT2D eigenvalue weighted by atomic mass is 9.76. The second kappa shape index (κ2) is 9.83. The van der Waals surface area contributed by atoms with Crippen LogP contribution in [0.25, 0.3) is 0 Å². The largest absolute Gasteiger partial charge is 0.502 e. The molecule has 0 saturated heterocycles. The smallest absolute Gasteiger partial charge is 0.374 e. The van der Waals surface area contributed by atoms with Gasteiger partial charge in [0.2, 0.25) is 0 Å². The van der Waals surface area contributed by atoms with Crippen LogP contribution in [-0.4, -0.2) is 28.6 Å². The molecule has 26 heavy (non-hydrogen) atoms. The average molecular weight is 371 g/mol. The molecular formula is C22H30O3Si. The van der Waals surface area contributed by atoms with Crippen molar-refractivity contribution in [3.63, 3.8) is 0 Å². The molecule has 3 nitrogen and oxygen atoms in total. The molecule has 0 atom stereocenters. The molecule has 0 aromatic heterocycles. The molecule has 0 fully saturated rings. The van der Waals surface area contributed by atoms with Crippen molar-refractivity contribution in [3.05, 3.63) is 84.4 Å². The summed E-state index contributed by atoms with van der Waals surface area (Å²) in [7, 11) is -2.89. The topological polar surface area (TPSA) is 27.7 Å². The lowest BCUT2D eigenvalue weighted by molar-refractivity contribution is 0.0682. The molecule has 2 rings (SSSR count). The molecule has 0 aliphatic rings. The van der Waals surface area contributed by atoms with Gasteiger partial charge in [-0.25, -0.2) is 0 Å². The van der Waals surface area contributed by atoms with E-state index >= 15 is 0 Å². The Hall–Kier alpha value is -1.72. The van der Waals surface area contributed by atoms with Gasteiger partial charge in [0.1, 0.15) is 0 Å². The first-order valence-electron chi connectivity index (χ1n) is 9.33. The highest BCUT2D eigenvalue weighted by Gasteiger charge is 2.49. The van der Waals surface area contributed by atoms with Crippen molar-refractivity contribution in [3.8, 4) is 0 Å². The molecule has 2 aromatic rings. The molecule has 0 bridgehead atoms. The maximum atomic E-state index is 6.16. The standard InChI is InChI=1S/C22H30O3Si/c1-5-22(20-15-11-9-12-16-20,21-17-13-10-14-18-21)19-26(23-6-2,24-7-3)25-8-4/h5,9-18H,1,6-8,19H2,2-4H3. The van der Waals surface area contributed by atoms with Crippen LogP contribution in [0.3, 0.4) is 0 Å². The van der Waals surface area contributed by atoms with E-state index in [2.05, 4.69) is 55.1 Å². The van der Waals surface area contributed by atoms with Gasteiger partial charge in [0, 0.05) is 31.3 Å². The highest BCUT2D eigenvalue weighted by Crippen LogP contribution is 2.41. The van der Waals surface area contributed by atoms with E-state index in [1.807, 2.05) is 39.0 Å². The zero-order chi connectivity index (χ0) is 18.9. The summed E-state index contributed by atoms with van der Waals surface area (Å²) in [4.78, 5) is 0. The van der Waals surface area contributed by atoms with Gasteiger partial charge < -0.3 is 13.3 Å². The quantitative estimate of drug-likeness (QED) is 0.401. The minimum Gasteiger partial charge on any atom is -0.374 e. The zero-order valence-electron chi connectivity index (χ0n) is 16.1. The van der Waals surface area contributed by atoms with Gasteiger partial charge in [-0.3, -0.25) is 0 Å². The average Bonchev–Trinajstić information content (AvgIpc) is 2.68. The van der Waals surface area contributed by atoms with Crippen LogP contribution in [0.4, 0.5) is 0 Å². The third-order valence-electron chi connectivity index (χ3n) is 4.51. The van der Waals surface area contributed by atoms with Gasteiger partial charge in [-0.05, 0) is 31.9 Å². The van der Waals surface area contributed by atoms with Crippen molar-refractivity contribution in [2.24, 2.45) is 0 Å². The molecule has 0 unspecified atom stereocenters. The van der Waals surface area contributed by atoms with E-state index in [0.29, 0.717) is 25.9 Å². The number of allylic oxidation sites excluding steroid dienone is 1. The fourth-order valence-corrected chi connectivity index (χ4v) is 6.54. The minimum absolute atomic E-state index is 0.436. The third kappa shape index (κ3) is 4.51. The maximum Gasteiger partial charge on any atom is 0.502 e. The first kappa shape index (κ1) is 20.6. The highest BCUT2D eigenvalue weighted by atomic mass is 28.4. The summed E-state index contributed by atoms with van der Waals surface area (Å²) in [5.74, 6) is 0. The van der Waals surface area contributed by atoms with Crippen molar-refractivity contribution in [1.29, 1.82) is 0 Å². The van der Waals surface area contributed by atoms with Gasteiger partial charge in [0.15, 0.2) is 0 Å². The highest BCUT2D eigenvalue weighted by molar-refractivity contribution is 6.61. The summed E-state index contributed by atoms with van der Waals surface area (Å²) in [6.45, 7) is 11.8. The second-order valence-electron chi connectivity index (χ2n) is 6.07. The van der Waals surface area contributed by atoms with Gasteiger partial charge in [0.25, 0.3) is 0 Å². The molecule has 0 heterocycles. The van der Waals surface area contributed by atoms with Gasteiger partial charge >= 0.3 is 8.80 Å². The summed E-state index contributed by atoms with van der Waals surface area (Å²) in [5, 5.41) is 0. The Morgan fingerprint density at radius 3 is 1.46 bits per heavy atom. The van der Waals surface area contributed by atoms with Crippen LogP contribution in [0, 0.1) is 0 Å². The lowest BCUT2D eigenvalue weighted by Crippen LogP contribution is -2.51. The monoisotopic (exact) mass is 370 g/mol. The molecule has 0 aliphatic heterocycles. The van der Waals surface area contributed by atoms with E-state index in [1.165, 1.54) is 0 Å². The second-order valence-corrected chi connectivity index (χ2v) is 8.65. The number of benzene rings is 2. The number of hydrogen-bond acceptors (Lipinski definition) is 3. The van der Waals surface area contributed by atoms with Crippen molar-refractivity contribution in [2.45, 2.75) is 32.2 Å². The molecule has 0 amide bonds. The van der Waals surface area contributed by atoms with Crippen molar-refractivity contribution in [2.75, 3.05) is 19.8 Å². The summed E-state index contributed by atoms with van der Waals surface area (Å²) < 4.78 is 18.5. The van der Waals surface area contributed by atoms with Crippen molar-refractivity contribution in [1.82, 2.24) is 0 Å². The summed E-state index contributed by atoms with van der Waals surface area (Å²) in [6.07, 6.45) is 2.01. The van der Waals surface area contributed by atoms with Crippen LogP contribution in [-0.2, 0) is 18.7 Å². The van der Waals surface area contributed by atoms with E-state index in [-0.39, 0.29) is 0 Å². The van der Waals surface area contributed by atoms with E-state index in [4.69, 9.17) is 13.3 Å². The van der Waals surface area contributed by atoms with E-state index in [0.717, 1.165) is 11.1 Å². The van der Waals surface area contributed by atoms with Gasteiger partial charge in [-0.15, -0.1) is 6.58 Å². The first-order valence-corrected chi connectivity index (χ1v) is 11.3. The van der Waals surface area contributed by atoms with Crippen molar-refractivity contribution >= 4 is 8.80 Å². The number of hydrogen-bond donors (Lipinski definition) is 0. The Morgan fingerprint density at radius 2 is 1.15 bits per heavy atom. The summed E-state index contributed by atoms with van der Waals surface area (Å²) in [5.41, 5.74) is 1.89. The van der Waals surface area contributed by atoms with E-state index in [1.54, 1.807) is 0 Å². The maximum absolute atomic E-state index is 6.16. The van der Waals surface area contributed by atoms with Gasteiger partial charge in [-0.1, -0.05) is 66.7 Å². The SMILES string of the molecule is C=CC(C[Si](OCC)(OCC)OCC)(c1ccccc1)c1ccccc1. The first-order chi connectivity index (χ1) is 12.7. The number of rotatable bonds is 11. The fourth-order valence-electron chi connectivity index (χ4n) is 3.43. The lowest BCUT2D eigenvalue weighted by Gasteiger charge is -2.39. The Bertz CT molecular complexity index is 601. The molecule has 0 radical (unpaired) electrons. The van der Waals surface area contributed by atoms with Crippen LogP contribution in [0.5, 0.6) is 0 Å². The molecule has 0 aliphatic carbocycles. The van der Waals surface area contributed by atoms with Crippen LogP contribution in [0.15, 0.2) is 73.3 Å². The third-order valence-corrected chi connectivity index (χ3v) is 7.69. The predicted octanol–water partition coefficient (Wildman–Crippen LogP) is 5.21. The van der Waals surface area contributed by atoms with Crippen LogP contribution < -0.4 is 0 Å². The molecular weight excluding hydrogens is 340 g/mol. The summed E-state index contributed by atoms with van der Waals surface area (Å²) in [6, 6.07) is 21.5. The Balaban J connectivity index is 2.61. The molecule has 140 valence electrons. The Morgan fingerprint density at radius 1 is 0.769 bits per heavy atom. The molecule has 2 aromatic carbocycles. The predicted molar refractivity (Wildman–Crippen MR) is 109 cm³/mol. The molecule has 0 N–H and O–H groups in total. The van der Waals surface area contributed by atoms with Crippen LogP contribution >= 0.6 is 0 Å². The van der Waals surface area contributed by atoms with Crippen LogP contribution in [0.2, 0.25) is 6.04 Å². The van der Waals surface area contributed by atoms with Gasteiger partial charge in [-0.2, -0.15) is 0 Å². The van der Waals surface area contributed by atoms with Crippen LogP contribution in [0.1, 0.15) is 31.9 Å². The van der Waals surface area contributed by atoms with Crippen molar-refractivity contribution < 1.29 is 13.3 Å². The van der Waals surface area contributed by atoms with E-state index in [9.17, 15) is 0 Å². The van der Waals surface area contributed by atoms with E-state index < -0.39 is 14.2 Å². The molecule has 4 heteroatoms. The van der Waals surface area contributed by atoms with Gasteiger partial charge in [0.05, 0.1) is 0 Å². The zero-order valence-corrected chi connectivity index (χ0v) is 17.1. The minimum atomic E-state index is -2.89.